The maximum absolute atomic E-state index is 9.93. The minimum atomic E-state index is -2.00. The lowest BCUT2D eigenvalue weighted by Gasteiger charge is -1.71. The second-order valence-electron chi connectivity index (χ2n) is 1.24. The van der Waals surface area contributed by atoms with Crippen LogP contribution in [-0.2, 0) is 4.57 Å². The first kappa shape index (κ1) is 7.76. The first-order valence-corrected chi connectivity index (χ1v) is 3.65. The van der Waals surface area contributed by atoms with Crippen molar-refractivity contribution in [3.05, 3.63) is 12.2 Å². The molecule has 0 bridgehead atoms. The zero-order chi connectivity index (χ0) is 6.41. The van der Waals surface area contributed by atoms with Gasteiger partial charge in [0.1, 0.15) is 0 Å². The molecule has 0 aliphatic heterocycles. The predicted molar refractivity (Wildman–Crippen MR) is 32.9 cm³/mol. The fraction of sp³-hybridized carbons (Fsp3) is 0.500. The highest BCUT2D eigenvalue weighted by atomic mass is 31.1. The van der Waals surface area contributed by atoms with Crippen LogP contribution in [0.2, 0.25) is 0 Å². The molecule has 0 rings (SSSR count). The number of rotatable bonds is 3. The Balaban J connectivity index is 3.16. The molecule has 0 aliphatic carbocycles. The summed E-state index contributed by atoms with van der Waals surface area (Å²) in [6.45, 7) is 0.434. The van der Waals surface area contributed by atoms with Crippen LogP contribution < -0.4 is 5.73 Å². The van der Waals surface area contributed by atoms with Crippen molar-refractivity contribution in [2.45, 2.75) is 0 Å². The quantitative estimate of drug-likeness (QED) is 0.429. The van der Waals surface area contributed by atoms with Gasteiger partial charge in [0.05, 0.1) is 0 Å². The summed E-state index contributed by atoms with van der Waals surface area (Å²) in [5.74, 6) is 0. The van der Waals surface area contributed by atoms with E-state index in [0.717, 1.165) is 0 Å². The van der Waals surface area contributed by atoms with E-state index in [1.807, 2.05) is 0 Å². The van der Waals surface area contributed by atoms with Crippen LogP contribution in [0.3, 0.4) is 0 Å². The van der Waals surface area contributed by atoms with E-state index in [0.29, 0.717) is 6.54 Å². The first-order valence-electron chi connectivity index (χ1n) is 2.26. The number of allylic oxidation sites excluding steroid dienone is 1. The Hall–Kier alpha value is -0.240. The van der Waals surface area contributed by atoms with Gasteiger partial charge in [0.15, 0.2) is 6.16 Å². The molecule has 1 atom stereocenters. The van der Waals surface area contributed by atoms with Gasteiger partial charge in [-0.2, -0.15) is 4.89 Å². The summed E-state index contributed by atoms with van der Waals surface area (Å²) in [7, 11) is -2.00. The lowest BCUT2D eigenvalue weighted by atomic mass is 10.5. The molecule has 0 saturated carbocycles. The molecule has 0 amide bonds. The standard InChI is InChI=1S/C4H8NO2P/c5-3-1-2-4-8(6)7/h1-2H,3-5H2/p+1. The molecular weight excluding hydrogens is 125 g/mol. The highest BCUT2D eigenvalue weighted by Crippen LogP contribution is 2.10. The smallest absolute Gasteiger partial charge is 0.327 e. The molecule has 0 heterocycles. The molecule has 0 aromatic carbocycles. The van der Waals surface area contributed by atoms with E-state index in [-0.39, 0.29) is 6.16 Å². The van der Waals surface area contributed by atoms with E-state index in [1.54, 1.807) is 12.2 Å². The molecule has 4 heteroatoms. The molecule has 46 valence electrons. The van der Waals surface area contributed by atoms with E-state index in [2.05, 4.69) is 0 Å². The molecule has 0 aromatic heterocycles. The van der Waals surface area contributed by atoms with Crippen LogP contribution in [0.5, 0.6) is 0 Å². The van der Waals surface area contributed by atoms with Gasteiger partial charge in [0, 0.05) is 6.54 Å². The normalized spacial score (nSPS) is 12.5. The van der Waals surface area contributed by atoms with Crippen LogP contribution in [0.25, 0.3) is 0 Å². The Morgan fingerprint density at radius 2 is 2.25 bits per heavy atom. The zero-order valence-electron chi connectivity index (χ0n) is 4.45. The lowest BCUT2D eigenvalue weighted by Crippen LogP contribution is -1.92. The van der Waals surface area contributed by atoms with Crippen LogP contribution in [0.1, 0.15) is 0 Å². The SMILES string of the molecule is NCC=CC[P+](=O)O. The lowest BCUT2D eigenvalue weighted by molar-refractivity contribution is 0.506. The molecule has 0 saturated heterocycles. The van der Waals surface area contributed by atoms with E-state index < -0.39 is 8.03 Å². The second kappa shape index (κ2) is 4.91. The van der Waals surface area contributed by atoms with Crippen molar-refractivity contribution in [1.29, 1.82) is 0 Å². The maximum atomic E-state index is 9.93. The van der Waals surface area contributed by atoms with E-state index >= 15 is 0 Å². The zero-order valence-corrected chi connectivity index (χ0v) is 5.34. The number of nitrogens with two attached hydrogens (primary N) is 1. The Kier molecular flexibility index (Phi) is 4.76. The highest BCUT2D eigenvalue weighted by molar-refractivity contribution is 7.38. The van der Waals surface area contributed by atoms with E-state index in [9.17, 15) is 4.57 Å². The second-order valence-corrected chi connectivity index (χ2v) is 2.31. The monoisotopic (exact) mass is 134 g/mol. The molecule has 3 N–H and O–H groups in total. The van der Waals surface area contributed by atoms with Crippen LogP contribution >= 0.6 is 8.03 Å². The third-order valence-electron chi connectivity index (χ3n) is 0.564. The summed E-state index contributed by atoms with van der Waals surface area (Å²) < 4.78 is 9.93. The largest absolute Gasteiger partial charge is 0.509 e. The van der Waals surface area contributed by atoms with Crippen molar-refractivity contribution < 1.29 is 9.46 Å². The van der Waals surface area contributed by atoms with E-state index in [1.165, 1.54) is 0 Å². The van der Waals surface area contributed by atoms with Crippen molar-refractivity contribution in [2.75, 3.05) is 12.7 Å². The van der Waals surface area contributed by atoms with Gasteiger partial charge in [0.25, 0.3) is 0 Å². The summed E-state index contributed by atoms with van der Waals surface area (Å²) in [6.07, 6.45) is 3.47. The Morgan fingerprint density at radius 1 is 1.62 bits per heavy atom. The number of hydrogen-bond donors (Lipinski definition) is 2. The Morgan fingerprint density at radius 3 is 2.62 bits per heavy atom. The topological polar surface area (TPSA) is 63.3 Å². The fourth-order valence-electron chi connectivity index (χ4n) is 0.261. The Labute approximate surface area is 49.1 Å². The van der Waals surface area contributed by atoms with Crippen LogP contribution in [0.15, 0.2) is 12.2 Å². The van der Waals surface area contributed by atoms with Crippen LogP contribution in [0.4, 0.5) is 0 Å². The molecule has 3 nitrogen and oxygen atoms in total. The van der Waals surface area contributed by atoms with Gasteiger partial charge in [-0.3, -0.25) is 0 Å². The average Bonchev–Trinajstić information content (AvgIpc) is 1.66. The van der Waals surface area contributed by atoms with Crippen LogP contribution in [0, 0.1) is 0 Å². The maximum Gasteiger partial charge on any atom is 0.509 e. The molecular formula is C4H9NO2P+. The Bertz CT molecular complexity index is 102. The van der Waals surface area contributed by atoms with Crippen molar-refractivity contribution >= 4 is 8.03 Å². The highest BCUT2D eigenvalue weighted by Gasteiger charge is 2.02. The molecule has 0 aliphatic rings. The van der Waals surface area contributed by atoms with Gasteiger partial charge in [-0.15, -0.1) is 0 Å². The van der Waals surface area contributed by atoms with Crippen LogP contribution in [-0.4, -0.2) is 17.6 Å². The fourth-order valence-corrected chi connectivity index (χ4v) is 0.590. The first-order chi connectivity index (χ1) is 3.77. The average molecular weight is 134 g/mol. The van der Waals surface area contributed by atoms with Gasteiger partial charge in [0.2, 0.25) is 0 Å². The summed E-state index contributed by atoms with van der Waals surface area (Å²) >= 11 is 0. The minimum Gasteiger partial charge on any atom is -0.327 e. The molecule has 0 radical (unpaired) electrons. The third-order valence-corrected chi connectivity index (χ3v) is 1.09. The van der Waals surface area contributed by atoms with Gasteiger partial charge in [-0.05, 0) is 10.6 Å². The minimum absolute atomic E-state index is 0.215. The van der Waals surface area contributed by atoms with Crippen molar-refractivity contribution in [1.82, 2.24) is 0 Å². The van der Waals surface area contributed by atoms with Gasteiger partial charge >= 0.3 is 8.03 Å². The summed E-state index contributed by atoms with van der Waals surface area (Å²) in [6, 6.07) is 0. The van der Waals surface area contributed by atoms with Crippen molar-refractivity contribution in [2.24, 2.45) is 5.73 Å². The van der Waals surface area contributed by atoms with Gasteiger partial charge in [-0.1, -0.05) is 6.08 Å². The van der Waals surface area contributed by atoms with Gasteiger partial charge < -0.3 is 5.73 Å². The van der Waals surface area contributed by atoms with E-state index in [4.69, 9.17) is 10.6 Å². The summed E-state index contributed by atoms with van der Waals surface area (Å²) in [4.78, 5) is 8.20. The predicted octanol–water partition coefficient (Wildman–Crippen LogP) is 0.236. The number of hydrogen-bond acceptors (Lipinski definition) is 2. The van der Waals surface area contributed by atoms with Crippen molar-refractivity contribution in [3.8, 4) is 0 Å². The molecule has 0 spiro atoms. The molecule has 0 fully saturated rings. The summed E-state index contributed by atoms with van der Waals surface area (Å²) in [5.41, 5.74) is 5.05. The third kappa shape index (κ3) is 5.76. The molecule has 8 heavy (non-hydrogen) atoms. The van der Waals surface area contributed by atoms with Crippen molar-refractivity contribution in [3.63, 3.8) is 0 Å². The molecule has 0 aromatic rings. The molecule has 1 unspecified atom stereocenters. The van der Waals surface area contributed by atoms with Gasteiger partial charge in [-0.25, -0.2) is 0 Å². The summed E-state index contributed by atoms with van der Waals surface area (Å²) in [5, 5.41) is 0.